The highest BCUT2D eigenvalue weighted by molar-refractivity contribution is 5.86. The first kappa shape index (κ1) is 21.1. The second-order valence-electron chi connectivity index (χ2n) is 8.19. The number of aromatic amines is 1. The molecule has 0 saturated carbocycles. The molecule has 1 unspecified atom stereocenters. The number of nitrogens with zero attached hydrogens (tertiary/aromatic N) is 4. The molecular weight excluding hydrogens is 418 g/mol. The van der Waals surface area contributed by atoms with Gasteiger partial charge in [-0.15, -0.1) is 0 Å². The van der Waals surface area contributed by atoms with Crippen LogP contribution in [0.1, 0.15) is 30.7 Å². The number of ether oxygens (including phenoxy) is 2. The van der Waals surface area contributed by atoms with E-state index in [1.165, 1.54) is 0 Å². The molecule has 3 aromatic heterocycles. The van der Waals surface area contributed by atoms with E-state index in [1.54, 1.807) is 32.6 Å². The van der Waals surface area contributed by atoms with Crippen molar-refractivity contribution in [2.75, 3.05) is 20.2 Å². The molecule has 4 heterocycles. The van der Waals surface area contributed by atoms with Gasteiger partial charge in [0.25, 0.3) is 0 Å². The summed E-state index contributed by atoms with van der Waals surface area (Å²) in [6.07, 6.45) is 5.92. The maximum absolute atomic E-state index is 11.8. The summed E-state index contributed by atoms with van der Waals surface area (Å²) in [6, 6.07) is 11.8. The Morgan fingerprint density at radius 3 is 2.88 bits per heavy atom. The fourth-order valence-corrected chi connectivity index (χ4v) is 4.26. The maximum Gasteiger partial charge on any atom is 0.219 e. The van der Waals surface area contributed by atoms with Crippen LogP contribution in [-0.2, 0) is 16.1 Å². The predicted octanol–water partition coefficient (Wildman–Crippen LogP) is 4.29. The number of carbonyl (C=O) groups excluding carboxylic acids is 1. The van der Waals surface area contributed by atoms with Crippen molar-refractivity contribution in [1.82, 2.24) is 24.8 Å². The van der Waals surface area contributed by atoms with E-state index < -0.39 is 0 Å². The van der Waals surface area contributed by atoms with Crippen molar-refractivity contribution in [3.8, 4) is 22.9 Å². The minimum atomic E-state index is 0.0878. The summed E-state index contributed by atoms with van der Waals surface area (Å²) < 4.78 is 11.6. The molecule has 1 aromatic carbocycles. The molecule has 1 amide bonds. The third kappa shape index (κ3) is 4.42. The van der Waals surface area contributed by atoms with E-state index in [2.05, 4.69) is 15.0 Å². The molecule has 33 heavy (non-hydrogen) atoms. The Kier molecular flexibility index (Phi) is 5.75. The molecule has 0 radical (unpaired) electrons. The fourth-order valence-electron chi connectivity index (χ4n) is 4.26. The van der Waals surface area contributed by atoms with Crippen molar-refractivity contribution in [1.29, 1.82) is 0 Å². The van der Waals surface area contributed by atoms with Gasteiger partial charge in [0.05, 0.1) is 29.9 Å². The molecule has 0 spiro atoms. The second-order valence-corrected chi connectivity index (χ2v) is 8.19. The molecule has 168 valence electrons. The van der Waals surface area contributed by atoms with Crippen LogP contribution >= 0.6 is 0 Å². The van der Waals surface area contributed by atoms with E-state index in [4.69, 9.17) is 14.5 Å². The smallest absolute Gasteiger partial charge is 0.219 e. The van der Waals surface area contributed by atoms with Gasteiger partial charge >= 0.3 is 0 Å². The number of hydrogen-bond acceptors (Lipinski definition) is 6. The Balaban J connectivity index is 1.45. The highest BCUT2D eigenvalue weighted by atomic mass is 16.5. The summed E-state index contributed by atoms with van der Waals surface area (Å²) >= 11 is 0. The average Bonchev–Trinajstić information content (AvgIpc) is 3.48. The van der Waals surface area contributed by atoms with Crippen LogP contribution in [0.2, 0.25) is 0 Å². The van der Waals surface area contributed by atoms with Crippen molar-refractivity contribution in [2.24, 2.45) is 0 Å². The van der Waals surface area contributed by atoms with E-state index in [0.29, 0.717) is 18.9 Å². The number of carbonyl (C=O) groups is 1. The lowest BCUT2D eigenvalue weighted by Gasteiger charge is -2.17. The lowest BCUT2D eigenvalue weighted by Crippen LogP contribution is -2.25. The van der Waals surface area contributed by atoms with E-state index in [1.807, 2.05) is 41.3 Å². The van der Waals surface area contributed by atoms with Crippen LogP contribution < -0.4 is 4.74 Å². The summed E-state index contributed by atoms with van der Waals surface area (Å²) in [6.45, 7) is 3.41. The molecule has 1 N–H and O–H groups in total. The van der Waals surface area contributed by atoms with Gasteiger partial charge in [-0.2, -0.15) is 0 Å². The number of nitrogens with one attached hydrogen (secondary N) is 1. The Bertz CT molecular complexity index is 1290. The number of pyridine rings is 1. The SMILES string of the molecule is COCc1ccc(Oc2ccc3[nH]c(-c4cnccn4)cc3c2)c(C2CCN(C(C)=O)C2)n1. The van der Waals surface area contributed by atoms with Crippen LogP contribution in [0.3, 0.4) is 0 Å². The highest BCUT2D eigenvalue weighted by Gasteiger charge is 2.29. The van der Waals surface area contributed by atoms with E-state index >= 15 is 0 Å². The second kappa shape index (κ2) is 8.99. The van der Waals surface area contributed by atoms with Crippen LogP contribution in [-0.4, -0.2) is 50.9 Å². The lowest BCUT2D eigenvalue weighted by molar-refractivity contribution is -0.127. The predicted molar refractivity (Wildman–Crippen MR) is 124 cm³/mol. The van der Waals surface area contributed by atoms with Crippen LogP contribution in [0.5, 0.6) is 11.5 Å². The van der Waals surface area contributed by atoms with E-state index in [0.717, 1.165) is 52.4 Å². The van der Waals surface area contributed by atoms with Gasteiger partial charge in [0.15, 0.2) is 0 Å². The number of benzene rings is 1. The average molecular weight is 444 g/mol. The van der Waals surface area contributed by atoms with Crippen LogP contribution in [0.15, 0.2) is 55.0 Å². The zero-order valence-corrected chi connectivity index (χ0v) is 18.6. The summed E-state index contributed by atoms with van der Waals surface area (Å²) in [4.78, 5) is 30.4. The maximum atomic E-state index is 11.8. The van der Waals surface area contributed by atoms with Gasteiger partial charge in [-0.1, -0.05) is 0 Å². The van der Waals surface area contributed by atoms with E-state index in [-0.39, 0.29) is 11.8 Å². The van der Waals surface area contributed by atoms with E-state index in [9.17, 15) is 4.79 Å². The highest BCUT2D eigenvalue weighted by Crippen LogP contribution is 2.36. The molecule has 1 fully saturated rings. The molecule has 5 rings (SSSR count). The van der Waals surface area contributed by atoms with Crippen molar-refractivity contribution in [2.45, 2.75) is 25.9 Å². The Hall–Kier alpha value is -3.78. The monoisotopic (exact) mass is 443 g/mol. The van der Waals surface area contributed by atoms with Gasteiger partial charge in [0.1, 0.15) is 17.2 Å². The first-order valence-electron chi connectivity index (χ1n) is 10.9. The summed E-state index contributed by atoms with van der Waals surface area (Å²) in [7, 11) is 1.65. The Morgan fingerprint density at radius 2 is 2.12 bits per heavy atom. The van der Waals surface area contributed by atoms with Gasteiger partial charge in [-0.3, -0.25) is 19.7 Å². The van der Waals surface area contributed by atoms with Gasteiger partial charge in [-0.05, 0) is 42.8 Å². The summed E-state index contributed by atoms with van der Waals surface area (Å²) in [5, 5.41) is 1.02. The molecule has 0 bridgehead atoms. The topological polar surface area (TPSA) is 93.2 Å². The van der Waals surface area contributed by atoms with Crippen LogP contribution in [0.4, 0.5) is 0 Å². The third-order valence-electron chi connectivity index (χ3n) is 5.92. The lowest BCUT2D eigenvalue weighted by atomic mass is 10.0. The molecule has 1 aliphatic heterocycles. The number of amides is 1. The summed E-state index contributed by atoms with van der Waals surface area (Å²) in [5.74, 6) is 1.63. The number of methoxy groups -OCH3 is 1. The molecular formula is C25H25N5O3. The number of hydrogen-bond donors (Lipinski definition) is 1. The number of rotatable bonds is 6. The molecule has 8 nitrogen and oxygen atoms in total. The van der Waals surface area contributed by atoms with Crippen LogP contribution in [0.25, 0.3) is 22.3 Å². The van der Waals surface area contributed by atoms with Crippen molar-refractivity contribution >= 4 is 16.8 Å². The van der Waals surface area contributed by atoms with Gasteiger partial charge < -0.3 is 19.4 Å². The Morgan fingerprint density at radius 1 is 1.21 bits per heavy atom. The van der Waals surface area contributed by atoms with Gasteiger partial charge in [0, 0.05) is 56.3 Å². The molecule has 1 atom stereocenters. The van der Waals surface area contributed by atoms with Crippen LogP contribution in [0, 0.1) is 0 Å². The molecule has 8 heteroatoms. The Labute approximate surface area is 191 Å². The van der Waals surface area contributed by atoms with Crippen molar-refractivity contribution in [3.63, 3.8) is 0 Å². The third-order valence-corrected chi connectivity index (χ3v) is 5.92. The largest absolute Gasteiger partial charge is 0.455 e. The van der Waals surface area contributed by atoms with Crippen molar-refractivity contribution < 1.29 is 14.3 Å². The number of aromatic nitrogens is 4. The zero-order valence-electron chi connectivity index (χ0n) is 18.6. The van der Waals surface area contributed by atoms with Gasteiger partial charge in [-0.25, -0.2) is 0 Å². The zero-order chi connectivity index (χ0) is 22.8. The first-order chi connectivity index (χ1) is 16.1. The fraction of sp³-hybridized carbons (Fsp3) is 0.280. The molecule has 1 saturated heterocycles. The number of H-pyrrole nitrogens is 1. The summed E-state index contributed by atoms with van der Waals surface area (Å²) in [5.41, 5.74) is 4.38. The first-order valence-corrected chi connectivity index (χ1v) is 10.9. The number of fused-ring (bicyclic) bond motifs is 1. The standard InChI is InChI=1S/C25H25N5O3/c1-16(31)30-10-7-17(14-30)25-24(6-3-19(28-25)15-32-2)33-20-4-5-21-18(11-20)12-22(29-21)23-13-26-8-9-27-23/h3-6,8-9,11-13,17,29H,7,10,14-15H2,1-2H3. The molecule has 0 aliphatic carbocycles. The number of likely N-dealkylation sites (tertiary alicyclic amines) is 1. The van der Waals surface area contributed by atoms with Crippen molar-refractivity contribution in [3.05, 3.63) is 66.4 Å². The molecule has 1 aliphatic rings. The molecule has 4 aromatic rings. The quantitative estimate of drug-likeness (QED) is 0.478. The van der Waals surface area contributed by atoms with Gasteiger partial charge in [0.2, 0.25) is 5.91 Å². The normalized spacial score (nSPS) is 15.8. The minimum Gasteiger partial charge on any atom is -0.455 e. The minimum absolute atomic E-state index is 0.0878.